The van der Waals surface area contributed by atoms with Gasteiger partial charge < -0.3 is 5.32 Å². The third-order valence-electron chi connectivity index (χ3n) is 9.72. The smallest absolute Gasteiger partial charge is 0.348 e. The topological polar surface area (TPSA) is 63.2 Å². The van der Waals surface area contributed by atoms with E-state index in [9.17, 15) is 27.0 Å². The van der Waals surface area contributed by atoms with E-state index in [1.54, 1.807) is 0 Å². The highest BCUT2D eigenvalue weighted by Gasteiger charge is 2.61. The highest BCUT2D eigenvalue weighted by molar-refractivity contribution is 7.85. The fourth-order valence-electron chi connectivity index (χ4n) is 7.90. The molecule has 0 aliphatic heterocycles. The van der Waals surface area contributed by atoms with E-state index in [2.05, 4.69) is 20.4 Å². The van der Waals surface area contributed by atoms with Gasteiger partial charge in [0.2, 0.25) is 0 Å². The molecule has 0 bridgehead atoms. The molecule has 0 aromatic rings. The van der Waals surface area contributed by atoms with Gasteiger partial charge in [-0.15, -0.1) is 0 Å². The van der Waals surface area contributed by atoms with E-state index in [1.807, 2.05) is 5.32 Å². The van der Waals surface area contributed by atoms with Crippen molar-refractivity contribution in [1.82, 2.24) is 5.32 Å². The summed E-state index contributed by atoms with van der Waals surface area (Å²) < 4.78 is 49.8. The predicted molar refractivity (Wildman–Crippen MR) is 122 cm³/mol. The van der Waals surface area contributed by atoms with Gasteiger partial charge >= 0.3 is 12.1 Å². The summed E-state index contributed by atoms with van der Waals surface area (Å²) in [5.74, 6) is 0.654. The lowest BCUT2D eigenvalue weighted by atomic mass is 9.44. The zero-order valence-corrected chi connectivity index (χ0v) is 20.5. The summed E-state index contributed by atoms with van der Waals surface area (Å²) in [5, 5.41) is 1.88. The Balaban J connectivity index is 1.36. The van der Waals surface area contributed by atoms with Crippen LogP contribution in [0.25, 0.3) is 0 Å². The lowest BCUT2D eigenvalue weighted by Crippen LogP contribution is -2.55. The zero-order valence-electron chi connectivity index (χ0n) is 19.6. The van der Waals surface area contributed by atoms with Crippen LogP contribution in [0.3, 0.4) is 0 Å². The summed E-state index contributed by atoms with van der Waals surface area (Å²) in [6.45, 7) is 8.90. The van der Waals surface area contributed by atoms with E-state index >= 15 is 0 Å². The first-order chi connectivity index (χ1) is 15.4. The van der Waals surface area contributed by atoms with Crippen molar-refractivity contribution in [2.24, 2.45) is 34.5 Å². The molecular weight excluding hydrogens is 451 g/mol. The molecule has 4 saturated carbocycles. The number of carbonyl (C=O) groups excluding carboxylic acids is 2. The van der Waals surface area contributed by atoms with E-state index in [0.29, 0.717) is 41.6 Å². The van der Waals surface area contributed by atoms with Crippen LogP contribution in [0.4, 0.5) is 13.2 Å². The molecule has 0 saturated heterocycles. The van der Waals surface area contributed by atoms with Gasteiger partial charge in [0.05, 0.1) is 0 Å². The maximum atomic E-state index is 12.9. The number of rotatable bonds is 5. The van der Waals surface area contributed by atoms with E-state index in [-0.39, 0.29) is 29.0 Å². The van der Waals surface area contributed by atoms with Gasteiger partial charge in [0, 0.05) is 40.2 Å². The van der Waals surface area contributed by atoms with Gasteiger partial charge in [-0.1, -0.05) is 26.0 Å². The molecule has 4 aliphatic carbocycles. The average molecular weight is 488 g/mol. The number of nitrogens with one attached hydrogen (secondary N) is 1. The highest BCUT2D eigenvalue weighted by atomic mass is 32.2. The minimum Gasteiger partial charge on any atom is -0.348 e. The molecule has 4 aliphatic rings. The number of amides is 1. The van der Waals surface area contributed by atoms with Crippen LogP contribution in [0, 0.1) is 34.5 Å². The number of fused-ring (bicyclic) bond motifs is 5. The molecule has 186 valence electrons. The number of alkyl halides is 3. The minimum atomic E-state index is -4.88. The Kier molecular flexibility index (Phi) is 6.64. The van der Waals surface area contributed by atoms with Crippen molar-refractivity contribution >= 4 is 22.5 Å². The first-order valence-corrected chi connectivity index (χ1v) is 13.7. The minimum absolute atomic E-state index is 0.0246. The second-order valence-electron chi connectivity index (χ2n) is 11.3. The lowest BCUT2D eigenvalue weighted by Gasteiger charge is -2.60. The van der Waals surface area contributed by atoms with Gasteiger partial charge in [-0.25, -0.2) is 0 Å². The van der Waals surface area contributed by atoms with E-state index < -0.39 is 22.9 Å². The largest absolute Gasteiger partial charge is 0.471 e. The molecule has 4 nitrogen and oxygen atoms in total. The van der Waals surface area contributed by atoms with Crippen molar-refractivity contribution in [1.29, 1.82) is 0 Å². The molecule has 4 rings (SSSR count). The second-order valence-corrected chi connectivity index (χ2v) is 13.1. The fraction of sp³-hybridized carbons (Fsp3) is 0.840. The number of halogens is 3. The number of hydrogen-bond donors (Lipinski definition) is 1. The van der Waals surface area contributed by atoms with E-state index in [4.69, 9.17) is 0 Å². The van der Waals surface area contributed by atoms with Gasteiger partial charge in [0.1, 0.15) is 5.78 Å². The molecule has 8 atom stereocenters. The highest BCUT2D eigenvalue weighted by Crippen LogP contribution is 2.66. The van der Waals surface area contributed by atoms with E-state index in [1.165, 1.54) is 5.57 Å². The zero-order chi connectivity index (χ0) is 24.2. The maximum Gasteiger partial charge on any atom is 0.471 e. The summed E-state index contributed by atoms with van der Waals surface area (Å²) in [5.41, 5.74) is 1.20. The number of ketones is 1. The Bertz CT molecular complexity index is 858. The number of Topliss-reactive ketones (excluding diaryl/α,β-unsaturated/α-hetero) is 1. The normalized spacial score (nSPS) is 41.7. The van der Waals surface area contributed by atoms with Gasteiger partial charge in [-0.05, 0) is 80.5 Å². The molecule has 0 aromatic heterocycles. The van der Waals surface area contributed by atoms with Crippen molar-refractivity contribution in [2.75, 3.05) is 12.3 Å². The van der Waals surface area contributed by atoms with Crippen molar-refractivity contribution in [2.45, 2.75) is 83.1 Å². The molecule has 1 amide bonds. The van der Waals surface area contributed by atoms with Crippen molar-refractivity contribution < 1.29 is 27.0 Å². The molecule has 0 radical (unpaired) electrons. The lowest BCUT2D eigenvalue weighted by molar-refractivity contribution is -0.173. The Hall–Kier alpha value is -1.18. The molecule has 0 aromatic carbocycles. The van der Waals surface area contributed by atoms with Crippen LogP contribution in [0.1, 0.15) is 71.6 Å². The summed E-state index contributed by atoms with van der Waals surface area (Å²) in [6.07, 6.45) is 2.78. The standard InChI is InChI=1S/C25H36F3NO3S/c1-15-13-17-18-5-6-21(30)24(18,3)10-8-19(17)23(2)9-7-16(14-20(15)23)33(32)12-4-11-29-22(31)25(26,27)28/h16-20H,1,4-14H2,2-3H3,(H,29,31)/t16-,17+,18+,19+,20?,23-,24+,33?/m1/s1. The first-order valence-electron chi connectivity index (χ1n) is 12.3. The monoisotopic (exact) mass is 487 g/mol. The third kappa shape index (κ3) is 4.34. The molecule has 1 N–H and O–H groups in total. The summed E-state index contributed by atoms with van der Waals surface area (Å²) in [6, 6.07) is 0. The average Bonchev–Trinajstić information content (AvgIpc) is 3.05. The van der Waals surface area contributed by atoms with E-state index in [0.717, 1.165) is 44.9 Å². The third-order valence-corrected chi connectivity index (χ3v) is 11.6. The maximum absolute atomic E-state index is 12.9. The summed E-state index contributed by atoms with van der Waals surface area (Å²) >= 11 is 0. The Morgan fingerprint density at radius 3 is 2.61 bits per heavy atom. The molecule has 0 spiro atoms. The van der Waals surface area contributed by atoms with Crippen LogP contribution in [-0.2, 0) is 20.4 Å². The van der Waals surface area contributed by atoms with Crippen molar-refractivity contribution in [3.8, 4) is 0 Å². The van der Waals surface area contributed by atoms with Crippen LogP contribution in [0.5, 0.6) is 0 Å². The number of allylic oxidation sites excluding steroid dienone is 1. The Morgan fingerprint density at radius 2 is 1.91 bits per heavy atom. The molecule has 2 unspecified atom stereocenters. The molecule has 4 fully saturated rings. The molecular formula is C25H36F3NO3S. The SMILES string of the molecule is C=C1C[C@@H]2[C@H](CC[C@]3(C)C(=O)CC[C@@H]23)[C@@]2(C)CC[C@@H](S(=O)CCCNC(=O)C(F)(F)F)CC12. The fourth-order valence-corrected chi connectivity index (χ4v) is 9.45. The van der Waals surface area contributed by atoms with Crippen LogP contribution in [0.2, 0.25) is 0 Å². The van der Waals surface area contributed by atoms with Gasteiger partial charge in [-0.3, -0.25) is 13.8 Å². The number of carbonyl (C=O) groups is 2. The molecule has 33 heavy (non-hydrogen) atoms. The summed E-state index contributed by atoms with van der Waals surface area (Å²) in [4.78, 5) is 23.5. The van der Waals surface area contributed by atoms with Crippen molar-refractivity contribution in [3.63, 3.8) is 0 Å². The van der Waals surface area contributed by atoms with Crippen molar-refractivity contribution in [3.05, 3.63) is 12.2 Å². The summed E-state index contributed by atoms with van der Waals surface area (Å²) in [7, 11) is -1.13. The van der Waals surface area contributed by atoms with Gasteiger partial charge in [-0.2, -0.15) is 13.2 Å². The molecule has 0 heterocycles. The predicted octanol–water partition coefficient (Wildman–Crippen LogP) is 4.95. The van der Waals surface area contributed by atoms with Crippen LogP contribution in [0.15, 0.2) is 12.2 Å². The van der Waals surface area contributed by atoms with Gasteiger partial charge in [0.25, 0.3) is 0 Å². The quantitative estimate of drug-likeness (QED) is 0.441. The Morgan fingerprint density at radius 1 is 1.18 bits per heavy atom. The first kappa shape index (κ1) is 24.9. The van der Waals surface area contributed by atoms with Gasteiger partial charge in [0.15, 0.2) is 0 Å². The second kappa shape index (κ2) is 8.80. The van der Waals surface area contributed by atoms with Crippen LogP contribution >= 0.6 is 0 Å². The molecule has 8 heteroatoms. The Labute approximate surface area is 197 Å². The van der Waals surface area contributed by atoms with Crippen LogP contribution in [-0.4, -0.2) is 39.6 Å². The number of hydrogen-bond acceptors (Lipinski definition) is 3. The van der Waals surface area contributed by atoms with Crippen LogP contribution < -0.4 is 5.32 Å².